The molecule has 1 aromatic heterocycles. The molecular weight excluding hydrogens is 398 g/mol. The van der Waals surface area contributed by atoms with Gasteiger partial charge in [0.05, 0.1) is 29.4 Å². The highest BCUT2D eigenvalue weighted by Gasteiger charge is 2.24. The highest BCUT2D eigenvalue weighted by atomic mass is 32.2. The largest absolute Gasteiger partial charge is 0.378 e. The van der Waals surface area contributed by atoms with Gasteiger partial charge in [-0.3, -0.25) is 9.59 Å². The molecule has 0 bridgehead atoms. The maximum absolute atomic E-state index is 12.7. The minimum Gasteiger partial charge on any atom is -0.378 e. The van der Waals surface area contributed by atoms with Crippen LogP contribution in [0, 0.1) is 6.92 Å². The van der Waals surface area contributed by atoms with Crippen LogP contribution in [0.5, 0.6) is 0 Å². The summed E-state index contributed by atoms with van der Waals surface area (Å²) in [7, 11) is -3.99. The predicted molar refractivity (Wildman–Crippen MR) is 104 cm³/mol. The molecule has 3 N–H and O–H groups in total. The zero-order valence-electron chi connectivity index (χ0n) is 16.2. The monoisotopic (exact) mass is 421 g/mol. The Balaban J connectivity index is 2.04. The number of carbonyl (C=O) groups is 2. The molecule has 1 saturated heterocycles. The standard InChI is InChI=1S/C18H23N5O5S/c1-3-20-17(24)14-11-13(29(19,26)27)4-5-16(14)23-12(2)10-15(21-23)18(25)22-6-8-28-9-7-22/h4-5,10-11H,3,6-9H2,1-2H3,(H,20,24)(H2,19,26,27). The number of primary sulfonamides is 1. The number of morpholine rings is 1. The molecule has 0 unspecified atom stereocenters. The Morgan fingerprint density at radius 2 is 1.93 bits per heavy atom. The van der Waals surface area contributed by atoms with E-state index in [1.807, 2.05) is 0 Å². The molecule has 2 aromatic rings. The first-order valence-electron chi connectivity index (χ1n) is 9.11. The Kier molecular flexibility index (Phi) is 6.01. The highest BCUT2D eigenvalue weighted by Crippen LogP contribution is 2.21. The van der Waals surface area contributed by atoms with Gasteiger partial charge in [0.2, 0.25) is 10.0 Å². The average Bonchev–Trinajstić information content (AvgIpc) is 3.08. The van der Waals surface area contributed by atoms with Crippen LogP contribution in [0.3, 0.4) is 0 Å². The van der Waals surface area contributed by atoms with Gasteiger partial charge in [-0.1, -0.05) is 0 Å². The number of rotatable bonds is 5. The van der Waals surface area contributed by atoms with Crippen LogP contribution < -0.4 is 10.5 Å². The minimum atomic E-state index is -3.99. The van der Waals surface area contributed by atoms with E-state index in [1.165, 1.54) is 22.9 Å². The second kappa shape index (κ2) is 8.31. The van der Waals surface area contributed by atoms with Crippen LogP contribution in [-0.4, -0.2) is 67.8 Å². The number of hydrogen-bond donors (Lipinski definition) is 2. The maximum atomic E-state index is 12.7. The minimum absolute atomic E-state index is 0.0925. The van der Waals surface area contributed by atoms with Crippen molar-refractivity contribution in [2.75, 3.05) is 32.8 Å². The smallest absolute Gasteiger partial charge is 0.274 e. The summed E-state index contributed by atoms with van der Waals surface area (Å²) in [6.07, 6.45) is 0. The second-order valence-corrected chi connectivity index (χ2v) is 8.13. The lowest BCUT2D eigenvalue weighted by atomic mass is 10.1. The van der Waals surface area contributed by atoms with Crippen LogP contribution >= 0.6 is 0 Å². The number of nitrogens with two attached hydrogens (primary N) is 1. The first-order chi connectivity index (χ1) is 13.7. The summed E-state index contributed by atoms with van der Waals surface area (Å²) < 4.78 is 30.1. The van der Waals surface area contributed by atoms with Crippen molar-refractivity contribution in [1.29, 1.82) is 0 Å². The molecule has 156 valence electrons. The summed E-state index contributed by atoms with van der Waals surface area (Å²) in [5.74, 6) is -0.695. The molecule has 2 amide bonds. The van der Waals surface area contributed by atoms with Gasteiger partial charge in [0.15, 0.2) is 5.69 Å². The normalized spacial score (nSPS) is 14.7. The number of benzene rings is 1. The van der Waals surface area contributed by atoms with Gasteiger partial charge in [-0.05, 0) is 38.1 Å². The Morgan fingerprint density at radius 3 is 2.55 bits per heavy atom. The summed E-state index contributed by atoms with van der Waals surface area (Å²) in [5, 5.41) is 12.2. The molecule has 29 heavy (non-hydrogen) atoms. The van der Waals surface area contributed by atoms with Crippen molar-refractivity contribution in [3.8, 4) is 5.69 Å². The molecule has 11 heteroatoms. The summed E-state index contributed by atoms with van der Waals surface area (Å²) in [4.78, 5) is 26.7. The second-order valence-electron chi connectivity index (χ2n) is 6.57. The third-order valence-electron chi connectivity index (χ3n) is 4.51. The Hall–Kier alpha value is -2.76. The number of sulfonamides is 1. The van der Waals surface area contributed by atoms with E-state index < -0.39 is 15.9 Å². The molecule has 0 saturated carbocycles. The summed E-state index contributed by atoms with van der Waals surface area (Å²) >= 11 is 0. The van der Waals surface area contributed by atoms with Gasteiger partial charge in [0.25, 0.3) is 11.8 Å². The number of aromatic nitrogens is 2. The van der Waals surface area contributed by atoms with Gasteiger partial charge in [0.1, 0.15) is 0 Å². The molecule has 10 nitrogen and oxygen atoms in total. The fraction of sp³-hybridized carbons (Fsp3) is 0.389. The third-order valence-corrected chi connectivity index (χ3v) is 5.42. The average molecular weight is 421 g/mol. The van der Waals surface area contributed by atoms with Crippen molar-refractivity contribution in [3.63, 3.8) is 0 Å². The summed E-state index contributed by atoms with van der Waals surface area (Å²) in [6.45, 7) is 5.77. The lowest BCUT2D eigenvalue weighted by Crippen LogP contribution is -2.40. The molecule has 0 spiro atoms. The molecule has 1 aliphatic heterocycles. The van der Waals surface area contributed by atoms with Crippen molar-refractivity contribution in [2.45, 2.75) is 18.7 Å². The van der Waals surface area contributed by atoms with Crippen LogP contribution in [0.25, 0.3) is 5.69 Å². The van der Waals surface area contributed by atoms with E-state index in [9.17, 15) is 18.0 Å². The van der Waals surface area contributed by atoms with E-state index in [1.54, 1.807) is 24.8 Å². The first kappa shape index (κ1) is 21.0. The van der Waals surface area contributed by atoms with Crippen LogP contribution in [0.15, 0.2) is 29.2 Å². The maximum Gasteiger partial charge on any atom is 0.274 e. The topological polar surface area (TPSA) is 137 Å². The molecular formula is C18H23N5O5S. The van der Waals surface area contributed by atoms with E-state index in [0.29, 0.717) is 44.2 Å². The summed E-state index contributed by atoms with van der Waals surface area (Å²) in [5.41, 5.74) is 1.30. The van der Waals surface area contributed by atoms with E-state index in [4.69, 9.17) is 9.88 Å². The van der Waals surface area contributed by atoms with Gasteiger partial charge in [-0.15, -0.1) is 0 Å². The number of nitrogens with one attached hydrogen (secondary N) is 1. The van der Waals surface area contributed by atoms with Gasteiger partial charge in [-0.2, -0.15) is 5.10 Å². The molecule has 0 radical (unpaired) electrons. The summed E-state index contributed by atoms with van der Waals surface area (Å²) in [6, 6.07) is 5.60. The van der Waals surface area contributed by atoms with Crippen molar-refractivity contribution in [3.05, 3.63) is 41.2 Å². The van der Waals surface area contributed by atoms with E-state index in [0.717, 1.165) is 0 Å². The van der Waals surface area contributed by atoms with Crippen LogP contribution in [0.1, 0.15) is 33.5 Å². The molecule has 0 aliphatic carbocycles. The van der Waals surface area contributed by atoms with Crippen molar-refractivity contribution < 1.29 is 22.7 Å². The van der Waals surface area contributed by atoms with E-state index in [2.05, 4.69) is 10.4 Å². The quantitative estimate of drug-likeness (QED) is 0.700. The number of hydrogen-bond acceptors (Lipinski definition) is 6. The lowest BCUT2D eigenvalue weighted by Gasteiger charge is -2.25. The van der Waals surface area contributed by atoms with Crippen molar-refractivity contribution >= 4 is 21.8 Å². The third kappa shape index (κ3) is 4.47. The van der Waals surface area contributed by atoms with Gasteiger partial charge in [0, 0.05) is 25.3 Å². The van der Waals surface area contributed by atoms with Crippen LogP contribution in [-0.2, 0) is 14.8 Å². The molecule has 3 rings (SSSR count). The first-order valence-corrected chi connectivity index (χ1v) is 10.7. The fourth-order valence-electron chi connectivity index (χ4n) is 3.07. The molecule has 1 aliphatic rings. The van der Waals surface area contributed by atoms with Crippen molar-refractivity contribution in [1.82, 2.24) is 20.0 Å². The fourth-order valence-corrected chi connectivity index (χ4v) is 3.61. The number of carbonyl (C=O) groups excluding carboxylic acids is 2. The van der Waals surface area contributed by atoms with Crippen LogP contribution in [0.4, 0.5) is 0 Å². The van der Waals surface area contributed by atoms with Crippen LogP contribution in [0.2, 0.25) is 0 Å². The number of aryl methyl sites for hydroxylation is 1. The van der Waals surface area contributed by atoms with Gasteiger partial charge < -0.3 is 15.0 Å². The zero-order chi connectivity index (χ0) is 21.2. The Bertz CT molecular complexity index is 1040. The number of nitrogens with zero attached hydrogens (tertiary/aromatic N) is 3. The Labute approximate surface area is 168 Å². The number of amides is 2. The molecule has 0 atom stereocenters. The zero-order valence-corrected chi connectivity index (χ0v) is 17.0. The Morgan fingerprint density at radius 1 is 1.24 bits per heavy atom. The predicted octanol–water partition coefficient (Wildman–Crippen LogP) is 0.0502. The van der Waals surface area contributed by atoms with E-state index >= 15 is 0 Å². The van der Waals surface area contributed by atoms with E-state index in [-0.39, 0.29) is 22.1 Å². The highest BCUT2D eigenvalue weighted by molar-refractivity contribution is 7.89. The van der Waals surface area contributed by atoms with Crippen molar-refractivity contribution in [2.24, 2.45) is 5.14 Å². The molecule has 2 heterocycles. The van der Waals surface area contributed by atoms with Gasteiger partial charge in [-0.25, -0.2) is 18.2 Å². The van der Waals surface area contributed by atoms with Gasteiger partial charge >= 0.3 is 0 Å². The lowest BCUT2D eigenvalue weighted by molar-refractivity contribution is 0.0298. The molecule has 1 aromatic carbocycles. The number of ether oxygens (including phenoxy) is 1. The SMILES string of the molecule is CCNC(=O)c1cc(S(N)(=O)=O)ccc1-n1nc(C(=O)N2CCOCC2)cc1C. The molecule has 1 fully saturated rings.